The van der Waals surface area contributed by atoms with E-state index in [0.717, 1.165) is 0 Å². The number of halogens is 3. The van der Waals surface area contributed by atoms with Gasteiger partial charge in [0.2, 0.25) is 0 Å². The van der Waals surface area contributed by atoms with Crippen LogP contribution in [0.2, 0.25) is 0 Å². The van der Waals surface area contributed by atoms with Crippen LogP contribution in [0.3, 0.4) is 0 Å². The van der Waals surface area contributed by atoms with Crippen LogP contribution in [-0.2, 0) is 6.54 Å². The van der Waals surface area contributed by atoms with Gasteiger partial charge in [0.1, 0.15) is 19.1 Å². The minimum atomic E-state index is -0.850. The van der Waals surface area contributed by atoms with Gasteiger partial charge in [0, 0.05) is 4.47 Å². The van der Waals surface area contributed by atoms with Crippen molar-refractivity contribution < 1.29 is 13.5 Å². The Morgan fingerprint density at radius 3 is 2.94 bits per heavy atom. The second kappa shape index (κ2) is 5.85. The van der Waals surface area contributed by atoms with E-state index >= 15 is 0 Å². The Labute approximate surface area is 110 Å². The number of ether oxygens (including phenoxy) is 1. The fourth-order valence-electron chi connectivity index (χ4n) is 1.34. The first kappa shape index (κ1) is 12.9. The molecule has 96 valence electrons. The van der Waals surface area contributed by atoms with Crippen molar-refractivity contribution in [3.63, 3.8) is 0 Å². The number of hydrogen-bond donors (Lipinski definition) is 0. The quantitative estimate of drug-likeness (QED) is 0.846. The Balaban J connectivity index is 2.07. The van der Waals surface area contributed by atoms with Crippen LogP contribution >= 0.6 is 15.9 Å². The monoisotopic (exact) mass is 318 g/mol. The van der Waals surface area contributed by atoms with Crippen molar-refractivity contribution >= 4 is 15.9 Å². The van der Waals surface area contributed by atoms with Gasteiger partial charge in [-0.3, -0.25) is 0 Å². The van der Waals surface area contributed by atoms with E-state index in [0.29, 0.717) is 4.47 Å². The zero-order valence-electron chi connectivity index (χ0n) is 9.13. The summed E-state index contributed by atoms with van der Waals surface area (Å²) < 4.78 is 33.5. The normalized spacial score (nSPS) is 12.4. The summed E-state index contributed by atoms with van der Waals surface area (Å²) in [6.45, 7) is -0.665. The van der Waals surface area contributed by atoms with Gasteiger partial charge in [-0.1, -0.05) is 15.9 Å². The van der Waals surface area contributed by atoms with Gasteiger partial charge in [0.25, 0.3) is 0 Å². The molecule has 0 amide bonds. The maximum absolute atomic E-state index is 13.4. The van der Waals surface area contributed by atoms with E-state index in [1.54, 1.807) is 0 Å². The van der Waals surface area contributed by atoms with E-state index in [1.165, 1.54) is 29.2 Å². The Kier molecular flexibility index (Phi) is 4.19. The molecule has 0 saturated heterocycles. The molecule has 0 aliphatic rings. The van der Waals surface area contributed by atoms with E-state index in [2.05, 4.69) is 31.5 Å². The standard InChI is InChI=1S/C10H9BrF2N4O/c11-7-1-2-9(13)10(3-7)18-8(4-12)5-17-6-14-15-16-17/h1-3,6,8H,4-5H2. The summed E-state index contributed by atoms with van der Waals surface area (Å²) in [6.07, 6.45) is 0.487. The largest absolute Gasteiger partial charge is 0.483 e. The SMILES string of the molecule is FCC(Cn1cnnn1)Oc1cc(Br)ccc1F. The Morgan fingerprint density at radius 2 is 2.28 bits per heavy atom. The molecule has 8 heteroatoms. The number of rotatable bonds is 5. The number of hydrogen-bond acceptors (Lipinski definition) is 4. The number of tetrazole rings is 1. The summed E-state index contributed by atoms with van der Waals surface area (Å²) in [5.74, 6) is -0.562. The Bertz CT molecular complexity index is 509. The highest BCUT2D eigenvalue weighted by Gasteiger charge is 2.15. The second-order valence-corrected chi connectivity index (χ2v) is 4.42. The van der Waals surface area contributed by atoms with Crippen LogP contribution in [0.15, 0.2) is 29.0 Å². The van der Waals surface area contributed by atoms with Gasteiger partial charge in [-0.2, -0.15) is 0 Å². The lowest BCUT2D eigenvalue weighted by atomic mass is 10.3. The molecule has 1 atom stereocenters. The van der Waals surface area contributed by atoms with Crippen molar-refractivity contribution in [2.24, 2.45) is 0 Å². The highest BCUT2D eigenvalue weighted by atomic mass is 79.9. The van der Waals surface area contributed by atoms with Crippen molar-refractivity contribution in [3.05, 3.63) is 34.8 Å². The lowest BCUT2D eigenvalue weighted by molar-refractivity contribution is 0.135. The zero-order chi connectivity index (χ0) is 13.0. The van der Waals surface area contributed by atoms with E-state index in [1.807, 2.05) is 0 Å². The van der Waals surface area contributed by atoms with E-state index in [-0.39, 0.29) is 12.3 Å². The molecule has 0 radical (unpaired) electrons. The van der Waals surface area contributed by atoms with Gasteiger partial charge in [0.15, 0.2) is 11.6 Å². The molecule has 0 fully saturated rings. The zero-order valence-corrected chi connectivity index (χ0v) is 10.7. The van der Waals surface area contributed by atoms with Crippen molar-refractivity contribution in [2.75, 3.05) is 6.67 Å². The van der Waals surface area contributed by atoms with Crippen LogP contribution < -0.4 is 4.74 Å². The van der Waals surface area contributed by atoms with E-state index in [4.69, 9.17) is 4.74 Å². The highest BCUT2D eigenvalue weighted by Crippen LogP contribution is 2.23. The third-order valence-electron chi connectivity index (χ3n) is 2.14. The molecular weight excluding hydrogens is 310 g/mol. The molecule has 0 bridgehead atoms. The highest BCUT2D eigenvalue weighted by molar-refractivity contribution is 9.10. The van der Waals surface area contributed by atoms with Gasteiger partial charge >= 0.3 is 0 Å². The number of nitrogens with zero attached hydrogens (tertiary/aromatic N) is 4. The maximum Gasteiger partial charge on any atom is 0.165 e. The average molecular weight is 319 g/mol. The van der Waals surface area contributed by atoms with Crippen LogP contribution in [0.5, 0.6) is 5.75 Å². The first-order chi connectivity index (χ1) is 8.69. The molecule has 5 nitrogen and oxygen atoms in total. The molecule has 1 aromatic heterocycles. The Hall–Kier alpha value is -1.57. The minimum absolute atomic E-state index is 0.0138. The lowest BCUT2D eigenvalue weighted by Gasteiger charge is -2.16. The molecule has 0 saturated carbocycles. The lowest BCUT2D eigenvalue weighted by Crippen LogP contribution is -2.26. The molecule has 1 aromatic carbocycles. The third kappa shape index (κ3) is 3.22. The van der Waals surface area contributed by atoms with Gasteiger partial charge < -0.3 is 4.74 Å². The average Bonchev–Trinajstić information content (AvgIpc) is 2.85. The number of aromatic nitrogens is 4. The van der Waals surface area contributed by atoms with Crippen molar-refractivity contribution in [1.82, 2.24) is 20.2 Å². The van der Waals surface area contributed by atoms with Gasteiger partial charge in [-0.15, -0.1) is 5.10 Å². The number of benzene rings is 1. The first-order valence-corrected chi connectivity index (χ1v) is 5.87. The van der Waals surface area contributed by atoms with Crippen LogP contribution in [0.25, 0.3) is 0 Å². The number of alkyl halides is 1. The summed E-state index contributed by atoms with van der Waals surface area (Å²) in [5.41, 5.74) is 0. The molecule has 2 aromatic rings. The van der Waals surface area contributed by atoms with Crippen molar-refractivity contribution in [2.45, 2.75) is 12.6 Å². The Morgan fingerprint density at radius 1 is 1.44 bits per heavy atom. The smallest absolute Gasteiger partial charge is 0.165 e. The maximum atomic E-state index is 13.4. The summed E-state index contributed by atoms with van der Waals surface area (Å²) in [6, 6.07) is 4.22. The molecule has 0 aliphatic heterocycles. The van der Waals surface area contributed by atoms with E-state index < -0.39 is 18.6 Å². The van der Waals surface area contributed by atoms with Crippen molar-refractivity contribution in [3.8, 4) is 5.75 Å². The van der Waals surface area contributed by atoms with Crippen LogP contribution in [0, 0.1) is 5.82 Å². The molecule has 18 heavy (non-hydrogen) atoms. The van der Waals surface area contributed by atoms with Gasteiger partial charge in [-0.25, -0.2) is 13.5 Å². The molecule has 0 spiro atoms. The third-order valence-corrected chi connectivity index (χ3v) is 2.63. The summed E-state index contributed by atoms with van der Waals surface area (Å²) in [4.78, 5) is 0. The second-order valence-electron chi connectivity index (χ2n) is 3.50. The summed E-state index contributed by atoms with van der Waals surface area (Å²) in [7, 11) is 0. The van der Waals surface area contributed by atoms with Gasteiger partial charge in [0.05, 0.1) is 6.54 Å². The van der Waals surface area contributed by atoms with Crippen LogP contribution in [0.1, 0.15) is 0 Å². The first-order valence-electron chi connectivity index (χ1n) is 5.07. The molecule has 1 heterocycles. The van der Waals surface area contributed by atoms with Crippen molar-refractivity contribution in [1.29, 1.82) is 0 Å². The van der Waals surface area contributed by atoms with Crippen LogP contribution in [-0.4, -0.2) is 33.0 Å². The molecule has 1 unspecified atom stereocenters. The van der Waals surface area contributed by atoms with Crippen LogP contribution in [0.4, 0.5) is 8.78 Å². The van der Waals surface area contributed by atoms with E-state index in [9.17, 15) is 8.78 Å². The predicted octanol–water partition coefficient (Wildman–Crippen LogP) is 1.99. The predicted molar refractivity (Wildman–Crippen MR) is 62.3 cm³/mol. The summed E-state index contributed by atoms with van der Waals surface area (Å²) in [5, 5.41) is 10.4. The fraction of sp³-hybridized carbons (Fsp3) is 0.300. The summed E-state index contributed by atoms with van der Waals surface area (Å²) >= 11 is 3.19. The van der Waals surface area contributed by atoms with Gasteiger partial charge in [-0.05, 0) is 28.6 Å². The molecule has 0 N–H and O–H groups in total. The topological polar surface area (TPSA) is 52.8 Å². The molecule has 2 rings (SSSR count). The minimum Gasteiger partial charge on any atom is -0.483 e. The fourth-order valence-corrected chi connectivity index (χ4v) is 1.68. The molecule has 0 aliphatic carbocycles. The molecular formula is C10H9BrF2N4O.